The number of methoxy groups -OCH3 is 1. The Morgan fingerprint density at radius 3 is 2.40 bits per heavy atom. The molecule has 0 saturated carbocycles. The Balaban J connectivity index is 1.91. The number of amides is 2. The van der Waals surface area contributed by atoms with E-state index in [4.69, 9.17) is 4.74 Å². The minimum Gasteiger partial charge on any atom is -0.375 e. The van der Waals surface area contributed by atoms with Crippen LogP contribution in [0.4, 0.5) is 14.9 Å². The van der Waals surface area contributed by atoms with Gasteiger partial charge in [-0.15, -0.1) is 0 Å². The molecular weight excluding hydrogens is 319 g/mol. The van der Waals surface area contributed by atoms with Crippen molar-refractivity contribution in [3.8, 4) is 0 Å². The largest absolute Gasteiger partial charge is 0.375 e. The number of anilines is 1. The van der Waals surface area contributed by atoms with E-state index < -0.39 is 6.10 Å². The highest BCUT2D eigenvalue weighted by molar-refractivity contribution is 5.89. The second-order valence-electron chi connectivity index (χ2n) is 6.94. The quantitative estimate of drug-likeness (QED) is 0.831. The number of hydrogen-bond acceptors (Lipinski definition) is 2. The van der Waals surface area contributed by atoms with Crippen molar-refractivity contribution in [3.05, 3.63) is 65.5 Å². The molecule has 1 unspecified atom stereocenters. The van der Waals surface area contributed by atoms with Crippen molar-refractivity contribution in [2.75, 3.05) is 19.0 Å². The predicted octanol–water partition coefficient (Wildman–Crippen LogP) is 4.63. The van der Waals surface area contributed by atoms with Crippen LogP contribution in [0.5, 0.6) is 0 Å². The van der Waals surface area contributed by atoms with Gasteiger partial charge in [-0.3, -0.25) is 0 Å². The molecule has 0 aromatic heterocycles. The summed E-state index contributed by atoms with van der Waals surface area (Å²) in [6.45, 7) is 6.66. The second-order valence-corrected chi connectivity index (χ2v) is 6.94. The van der Waals surface area contributed by atoms with E-state index in [1.54, 1.807) is 12.1 Å². The summed E-state index contributed by atoms with van der Waals surface area (Å²) in [5.41, 5.74) is 2.66. The van der Waals surface area contributed by atoms with Crippen LogP contribution in [0.2, 0.25) is 0 Å². The molecule has 134 valence electrons. The number of carbonyl (C=O) groups excluding carboxylic acids is 1. The van der Waals surface area contributed by atoms with Crippen LogP contribution < -0.4 is 10.6 Å². The Morgan fingerprint density at radius 1 is 1.16 bits per heavy atom. The maximum absolute atomic E-state index is 13.3. The first-order valence-electron chi connectivity index (χ1n) is 8.23. The van der Waals surface area contributed by atoms with E-state index in [2.05, 4.69) is 31.4 Å². The standard InChI is InChI=1S/C20H25FN2O2/c1-20(2,3)15-8-10-17(11-9-15)23-19(24)22-13-18(25-4)14-6-5-7-16(21)12-14/h5-12,18H,13H2,1-4H3,(H2,22,23,24). The van der Waals surface area contributed by atoms with Gasteiger partial charge in [-0.1, -0.05) is 45.0 Å². The molecule has 0 aliphatic carbocycles. The summed E-state index contributed by atoms with van der Waals surface area (Å²) in [4.78, 5) is 12.1. The first-order chi connectivity index (χ1) is 11.8. The van der Waals surface area contributed by atoms with Crippen molar-refractivity contribution in [2.45, 2.75) is 32.3 Å². The number of benzene rings is 2. The number of rotatable bonds is 5. The fourth-order valence-corrected chi connectivity index (χ4v) is 2.46. The highest BCUT2D eigenvalue weighted by Crippen LogP contribution is 2.23. The highest BCUT2D eigenvalue weighted by Gasteiger charge is 2.14. The molecule has 0 bridgehead atoms. The minimum absolute atomic E-state index is 0.0669. The average Bonchev–Trinajstić information content (AvgIpc) is 2.55. The van der Waals surface area contributed by atoms with Crippen LogP contribution in [-0.4, -0.2) is 19.7 Å². The Hall–Kier alpha value is -2.40. The molecule has 2 aromatic rings. The molecule has 2 rings (SSSR count). The van der Waals surface area contributed by atoms with Crippen molar-refractivity contribution >= 4 is 11.7 Å². The Morgan fingerprint density at radius 2 is 1.84 bits per heavy atom. The minimum atomic E-state index is -0.412. The number of nitrogens with one attached hydrogen (secondary N) is 2. The van der Waals surface area contributed by atoms with Gasteiger partial charge in [0.05, 0.1) is 6.10 Å². The maximum Gasteiger partial charge on any atom is 0.319 e. The van der Waals surface area contributed by atoms with Gasteiger partial charge in [-0.25, -0.2) is 9.18 Å². The van der Waals surface area contributed by atoms with Gasteiger partial charge in [-0.05, 0) is 40.8 Å². The molecule has 0 aliphatic heterocycles. The van der Waals surface area contributed by atoms with Gasteiger partial charge in [0, 0.05) is 19.3 Å². The SMILES string of the molecule is COC(CNC(=O)Nc1ccc(C(C)(C)C)cc1)c1cccc(F)c1. The van der Waals surface area contributed by atoms with Crippen molar-refractivity contribution in [1.29, 1.82) is 0 Å². The maximum atomic E-state index is 13.3. The van der Waals surface area contributed by atoms with E-state index in [9.17, 15) is 9.18 Å². The van der Waals surface area contributed by atoms with Gasteiger partial charge >= 0.3 is 6.03 Å². The van der Waals surface area contributed by atoms with Crippen molar-refractivity contribution in [2.24, 2.45) is 0 Å². The van der Waals surface area contributed by atoms with Gasteiger partial charge in [0.1, 0.15) is 5.82 Å². The summed E-state index contributed by atoms with van der Waals surface area (Å²) in [7, 11) is 1.53. The van der Waals surface area contributed by atoms with Crippen LogP contribution in [0.15, 0.2) is 48.5 Å². The molecule has 0 saturated heterocycles. The van der Waals surface area contributed by atoms with E-state index in [-0.39, 0.29) is 23.8 Å². The normalized spacial score (nSPS) is 12.5. The van der Waals surface area contributed by atoms with Gasteiger partial charge in [0.2, 0.25) is 0 Å². The third-order valence-corrected chi connectivity index (χ3v) is 3.96. The number of carbonyl (C=O) groups is 1. The average molecular weight is 344 g/mol. The third-order valence-electron chi connectivity index (χ3n) is 3.96. The third kappa shape index (κ3) is 5.57. The lowest BCUT2D eigenvalue weighted by atomic mass is 9.87. The smallest absolute Gasteiger partial charge is 0.319 e. The molecule has 1 atom stereocenters. The second kappa shape index (κ2) is 8.12. The van der Waals surface area contributed by atoms with Crippen LogP contribution in [-0.2, 0) is 10.2 Å². The van der Waals surface area contributed by atoms with Gasteiger partial charge < -0.3 is 15.4 Å². The zero-order valence-electron chi connectivity index (χ0n) is 15.1. The molecular formula is C20H25FN2O2. The molecule has 0 heterocycles. The first-order valence-corrected chi connectivity index (χ1v) is 8.23. The van der Waals surface area contributed by atoms with E-state index in [0.717, 1.165) is 0 Å². The van der Waals surface area contributed by atoms with Crippen LogP contribution in [0.3, 0.4) is 0 Å². The van der Waals surface area contributed by atoms with E-state index in [0.29, 0.717) is 11.3 Å². The Bertz CT molecular complexity index is 708. The topological polar surface area (TPSA) is 50.4 Å². The summed E-state index contributed by atoms with van der Waals surface area (Å²) >= 11 is 0. The number of hydrogen-bond donors (Lipinski definition) is 2. The molecule has 25 heavy (non-hydrogen) atoms. The monoisotopic (exact) mass is 344 g/mol. The van der Waals surface area contributed by atoms with Crippen molar-refractivity contribution in [1.82, 2.24) is 5.32 Å². The van der Waals surface area contributed by atoms with E-state index >= 15 is 0 Å². The lowest BCUT2D eigenvalue weighted by Gasteiger charge is -2.19. The fraction of sp³-hybridized carbons (Fsp3) is 0.350. The molecule has 0 radical (unpaired) electrons. The molecule has 5 heteroatoms. The molecule has 0 fully saturated rings. The zero-order valence-corrected chi connectivity index (χ0v) is 15.1. The summed E-state index contributed by atoms with van der Waals surface area (Å²) < 4.78 is 18.6. The van der Waals surface area contributed by atoms with E-state index in [1.165, 1.54) is 24.8 Å². The summed E-state index contributed by atoms with van der Waals surface area (Å²) in [5, 5.41) is 5.53. The van der Waals surface area contributed by atoms with Crippen LogP contribution >= 0.6 is 0 Å². The number of halogens is 1. The highest BCUT2D eigenvalue weighted by atomic mass is 19.1. The Kier molecular flexibility index (Phi) is 6.15. The van der Waals surface area contributed by atoms with E-state index in [1.807, 2.05) is 24.3 Å². The molecule has 2 aromatic carbocycles. The molecule has 2 N–H and O–H groups in total. The first kappa shape index (κ1) is 18.9. The van der Waals surface area contributed by atoms with Crippen LogP contribution in [0.25, 0.3) is 0 Å². The zero-order chi connectivity index (χ0) is 18.4. The van der Waals surface area contributed by atoms with Gasteiger partial charge in [0.15, 0.2) is 0 Å². The number of urea groups is 1. The summed E-state index contributed by atoms with van der Waals surface area (Å²) in [6, 6.07) is 13.6. The summed E-state index contributed by atoms with van der Waals surface area (Å²) in [6.07, 6.45) is -0.412. The van der Waals surface area contributed by atoms with Crippen LogP contribution in [0.1, 0.15) is 38.0 Å². The Labute approximate surface area is 148 Å². The lowest BCUT2D eigenvalue weighted by Crippen LogP contribution is -2.33. The van der Waals surface area contributed by atoms with Crippen molar-refractivity contribution < 1.29 is 13.9 Å². The lowest BCUT2D eigenvalue weighted by molar-refractivity contribution is 0.104. The molecule has 2 amide bonds. The molecule has 0 spiro atoms. The van der Waals surface area contributed by atoms with Crippen molar-refractivity contribution in [3.63, 3.8) is 0 Å². The molecule has 4 nitrogen and oxygen atoms in total. The fourth-order valence-electron chi connectivity index (χ4n) is 2.46. The van der Waals surface area contributed by atoms with Gasteiger partial charge in [0.25, 0.3) is 0 Å². The summed E-state index contributed by atoms with van der Waals surface area (Å²) in [5.74, 6) is -0.331. The molecule has 0 aliphatic rings. The van der Waals surface area contributed by atoms with Gasteiger partial charge in [-0.2, -0.15) is 0 Å². The van der Waals surface area contributed by atoms with Crippen LogP contribution in [0, 0.1) is 5.82 Å². The number of ether oxygens (including phenoxy) is 1. The predicted molar refractivity (Wildman–Crippen MR) is 98.3 cm³/mol.